The van der Waals surface area contributed by atoms with E-state index < -0.39 is 6.10 Å². The van der Waals surface area contributed by atoms with E-state index >= 15 is 0 Å². The van der Waals surface area contributed by atoms with Gasteiger partial charge in [-0.1, -0.05) is 27.2 Å². The third-order valence-electron chi connectivity index (χ3n) is 8.40. The largest absolute Gasteiger partial charge is 0.497 e. The highest BCUT2D eigenvalue weighted by Gasteiger charge is 2.42. The lowest BCUT2D eigenvalue weighted by molar-refractivity contribution is -0.0562. The molecule has 6 rings (SSSR count). The van der Waals surface area contributed by atoms with Gasteiger partial charge in [-0.2, -0.15) is 0 Å². The SMILES string of the molecule is CC[C@H]1CN2CC[C@@H]1CC2[C@H](O)c1cc(N2CCCC(C)(C)C2)nc2ccc(OC)cc12. The maximum absolute atomic E-state index is 11.8. The first-order chi connectivity index (χ1) is 15.4. The Morgan fingerprint density at radius 2 is 2.09 bits per heavy atom. The van der Waals surface area contributed by atoms with Crippen molar-refractivity contribution >= 4 is 16.7 Å². The van der Waals surface area contributed by atoms with Crippen molar-refractivity contribution in [2.24, 2.45) is 17.3 Å². The molecule has 5 atom stereocenters. The molecule has 1 N–H and O–H groups in total. The zero-order valence-electron chi connectivity index (χ0n) is 20.2. The fraction of sp³-hybridized carbons (Fsp3) is 0.667. The fourth-order valence-electron chi connectivity index (χ4n) is 6.55. The Morgan fingerprint density at radius 1 is 1.25 bits per heavy atom. The number of nitrogens with zero attached hydrogens (tertiary/aromatic N) is 3. The first-order valence-electron chi connectivity index (χ1n) is 12.5. The number of aliphatic hydroxyl groups is 1. The number of methoxy groups -OCH3 is 1. The second-order valence-corrected chi connectivity index (χ2v) is 11.1. The number of fused-ring (bicyclic) bond motifs is 4. The van der Waals surface area contributed by atoms with Gasteiger partial charge in [-0.25, -0.2) is 4.98 Å². The highest BCUT2D eigenvalue weighted by molar-refractivity contribution is 5.86. The minimum atomic E-state index is -0.509. The topological polar surface area (TPSA) is 48.8 Å². The Kier molecular flexibility index (Phi) is 5.83. The predicted molar refractivity (Wildman–Crippen MR) is 130 cm³/mol. The van der Waals surface area contributed by atoms with Gasteiger partial charge in [0.1, 0.15) is 11.6 Å². The molecule has 0 saturated carbocycles. The monoisotopic (exact) mass is 437 g/mol. The number of benzene rings is 1. The van der Waals surface area contributed by atoms with Gasteiger partial charge in [-0.3, -0.25) is 4.90 Å². The molecule has 1 aromatic heterocycles. The van der Waals surface area contributed by atoms with Crippen LogP contribution in [-0.4, -0.2) is 54.3 Å². The normalized spacial score (nSPS) is 30.5. The maximum Gasteiger partial charge on any atom is 0.129 e. The molecule has 2 unspecified atom stereocenters. The van der Waals surface area contributed by atoms with Crippen LogP contribution in [0.25, 0.3) is 10.9 Å². The summed E-state index contributed by atoms with van der Waals surface area (Å²) in [7, 11) is 1.70. The molecule has 4 aliphatic heterocycles. The molecule has 5 heterocycles. The molecule has 1 aromatic carbocycles. The van der Waals surface area contributed by atoms with Gasteiger partial charge in [0.25, 0.3) is 0 Å². The van der Waals surface area contributed by atoms with Crippen LogP contribution in [0.5, 0.6) is 5.75 Å². The molecule has 4 fully saturated rings. The van der Waals surface area contributed by atoms with E-state index in [0.717, 1.165) is 72.5 Å². The molecule has 0 radical (unpaired) electrons. The van der Waals surface area contributed by atoms with Crippen LogP contribution < -0.4 is 9.64 Å². The highest BCUT2D eigenvalue weighted by Crippen LogP contribution is 2.44. The average molecular weight is 438 g/mol. The highest BCUT2D eigenvalue weighted by atomic mass is 16.5. The lowest BCUT2D eigenvalue weighted by Crippen LogP contribution is -2.55. The van der Waals surface area contributed by atoms with Gasteiger partial charge in [0.05, 0.1) is 18.7 Å². The number of pyridine rings is 1. The molecule has 4 saturated heterocycles. The molecule has 5 nitrogen and oxygen atoms in total. The number of piperidine rings is 4. The van der Waals surface area contributed by atoms with E-state index in [0.29, 0.717) is 0 Å². The number of hydrogen-bond donors (Lipinski definition) is 1. The Labute approximate surface area is 192 Å². The lowest BCUT2D eigenvalue weighted by Gasteiger charge is -2.51. The summed E-state index contributed by atoms with van der Waals surface area (Å²) in [4.78, 5) is 10.0. The third kappa shape index (κ3) is 3.99. The molecule has 0 aliphatic carbocycles. The number of aromatic nitrogens is 1. The molecular weight excluding hydrogens is 398 g/mol. The quantitative estimate of drug-likeness (QED) is 0.711. The summed E-state index contributed by atoms with van der Waals surface area (Å²) in [6.45, 7) is 11.3. The van der Waals surface area contributed by atoms with Gasteiger partial charge in [-0.05, 0) is 79.3 Å². The minimum absolute atomic E-state index is 0.194. The van der Waals surface area contributed by atoms with E-state index in [1.807, 2.05) is 12.1 Å². The van der Waals surface area contributed by atoms with E-state index in [9.17, 15) is 5.11 Å². The summed E-state index contributed by atoms with van der Waals surface area (Å²) in [5.74, 6) is 3.35. The van der Waals surface area contributed by atoms with E-state index in [1.165, 1.54) is 25.7 Å². The standard InChI is InChI=1S/C27H39N3O2/c1-5-18-16-29-12-9-19(18)13-24(29)26(31)22-15-25(30-11-6-10-27(2,3)17-30)28-23-8-7-20(32-4)14-21(22)23/h7-8,14-15,18-19,24,26,31H,5-6,9-13,16-17H2,1-4H3/t18-,19+,24?,26+/m0/s1. The predicted octanol–water partition coefficient (Wildman–Crippen LogP) is 5.02. The number of anilines is 1. The van der Waals surface area contributed by atoms with Crippen LogP contribution in [0.2, 0.25) is 0 Å². The summed E-state index contributed by atoms with van der Waals surface area (Å²) < 4.78 is 5.52. The van der Waals surface area contributed by atoms with Crippen LogP contribution in [0, 0.1) is 17.3 Å². The first kappa shape index (κ1) is 22.0. The maximum atomic E-state index is 11.8. The fourth-order valence-corrected chi connectivity index (χ4v) is 6.55. The molecule has 0 amide bonds. The average Bonchev–Trinajstić information content (AvgIpc) is 2.82. The molecular formula is C27H39N3O2. The third-order valence-corrected chi connectivity index (χ3v) is 8.40. The minimum Gasteiger partial charge on any atom is -0.497 e. The zero-order valence-corrected chi connectivity index (χ0v) is 20.2. The van der Waals surface area contributed by atoms with Crippen molar-refractivity contribution < 1.29 is 9.84 Å². The summed E-state index contributed by atoms with van der Waals surface area (Å²) in [5.41, 5.74) is 2.25. The van der Waals surface area contributed by atoms with E-state index in [2.05, 4.69) is 42.7 Å². The van der Waals surface area contributed by atoms with Crippen molar-refractivity contribution in [1.82, 2.24) is 9.88 Å². The van der Waals surface area contributed by atoms with Gasteiger partial charge < -0.3 is 14.7 Å². The van der Waals surface area contributed by atoms with Crippen molar-refractivity contribution in [3.8, 4) is 5.75 Å². The number of aliphatic hydroxyl groups excluding tert-OH is 1. The molecule has 174 valence electrons. The summed E-state index contributed by atoms with van der Waals surface area (Å²) in [6, 6.07) is 8.44. The van der Waals surface area contributed by atoms with Crippen LogP contribution in [0.15, 0.2) is 24.3 Å². The van der Waals surface area contributed by atoms with Crippen LogP contribution in [0.4, 0.5) is 5.82 Å². The van der Waals surface area contributed by atoms with Crippen LogP contribution in [-0.2, 0) is 0 Å². The molecule has 32 heavy (non-hydrogen) atoms. The molecule has 4 aliphatic rings. The smallest absolute Gasteiger partial charge is 0.129 e. The van der Waals surface area contributed by atoms with Crippen molar-refractivity contribution in [2.45, 2.75) is 65.0 Å². The van der Waals surface area contributed by atoms with Gasteiger partial charge in [0, 0.05) is 31.1 Å². The van der Waals surface area contributed by atoms with Crippen LogP contribution in [0.3, 0.4) is 0 Å². The summed E-state index contributed by atoms with van der Waals surface area (Å²) in [5, 5.41) is 12.8. The van der Waals surface area contributed by atoms with Crippen LogP contribution in [0.1, 0.15) is 64.5 Å². The zero-order chi connectivity index (χ0) is 22.5. The van der Waals surface area contributed by atoms with Gasteiger partial charge in [0.2, 0.25) is 0 Å². The Morgan fingerprint density at radius 3 is 2.78 bits per heavy atom. The van der Waals surface area contributed by atoms with E-state index in [-0.39, 0.29) is 11.5 Å². The van der Waals surface area contributed by atoms with Crippen molar-refractivity contribution in [1.29, 1.82) is 0 Å². The summed E-state index contributed by atoms with van der Waals surface area (Å²) in [6.07, 6.45) is 5.55. The molecule has 0 spiro atoms. The lowest BCUT2D eigenvalue weighted by atomic mass is 9.72. The van der Waals surface area contributed by atoms with Crippen molar-refractivity contribution in [3.63, 3.8) is 0 Å². The van der Waals surface area contributed by atoms with Crippen molar-refractivity contribution in [3.05, 3.63) is 29.8 Å². The van der Waals surface area contributed by atoms with Gasteiger partial charge >= 0.3 is 0 Å². The molecule has 5 heteroatoms. The van der Waals surface area contributed by atoms with Crippen molar-refractivity contribution in [2.75, 3.05) is 38.2 Å². The second-order valence-electron chi connectivity index (χ2n) is 11.1. The van der Waals surface area contributed by atoms with E-state index in [1.54, 1.807) is 7.11 Å². The first-order valence-corrected chi connectivity index (χ1v) is 12.5. The summed E-state index contributed by atoms with van der Waals surface area (Å²) >= 11 is 0. The number of ether oxygens (including phenoxy) is 1. The Hall–Kier alpha value is -1.85. The number of hydrogen-bond acceptors (Lipinski definition) is 5. The van der Waals surface area contributed by atoms with Gasteiger partial charge in [-0.15, -0.1) is 0 Å². The molecule has 2 bridgehead atoms. The van der Waals surface area contributed by atoms with Gasteiger partial charge in [0.15, 0.2) is 0 Å². The Balaban J connectivity index is 1.54. The molecule has 2 aromatic rings. The number of rotatable bonds is 5. The second kappa shape index (κ2) is 8.49. The Bertz CT molecular complexity index is 975. The van der Waals surface area contributed by atoms with Crippen LogP contribution >= 0.6 is 0 Å². The van der Waals surface area contributed by atoms with E-state index in [4.69, 9.17) is 9.72 Å².